The Hall–Kier alpha value is -0.530. The van der Waals surface area contributed by atoms with Crippen molar-refractivity contribution in [3.05, 3.63) is 0 Å². The zero-order chi connectivity index (χ0) is 13.5. The van der Waals surface area contributed by atoms with Crippen molar-refractivity contribution in [1.29, 1.82) is 0 Å². The second-order valence-electron chi connectivity index (χ2n) is 7.55. The fourth-order valence-electron chi connectivity index (χ4n) is 3.35. The summed E-state index contributed by atoms with van der Waals surface area (Å²) in [7, 11) is 0. The topological polar surface area (TPSA) is 26.3 Å². The number of carbonyl (C=O) groups is 1. The van der Waals surface area contributed by atoms with Gasteiger partial charge in [0, 0.05) is 0 Å². The first-order chi connectivity index (χ1) is 8.31. The third-order valence-corrected chi connectivity index (χ3v) is 5.03. The van der Waals surface area contributed by atoms with Crippen molar-refractivity contribution in [3.63, 3.8) is 0 Å². The average molecular weight is 252 g/mol. The minimum atomic E-state index is 0.0600. The van der Waals surface area contributed by atoms with Crippen molar-refractivity contribution in [2.45, 2.75) is 66.4 Å². The predicted molar refractivity (Wildman–Crippen MR) is 73.1 cm³/mol. The molecule has 2 saturated carbocycles. The summed E-state index contributed by atoms with van der Waals surface area (Å²) in [5, 5.41) is 0. The molecule has 0 saturated heterocycles. The first-order valence-electron chi connectivity index (χ1n) is 7.51. The van der Waals surface area contributed by atoms with Crippen LogP contribution in [0.2, 0.25) is 0 Å². The zero-order valence-electron chi connectivity index (χ0n) is 12.5. The van der Waals surface area contributed by atoms with Crippen LogP contribution in [-0.2, 0) is 9.53 Å². The lowest BCUT2D eigenvalue weighted by Crippen LogP contribution is -2.36. The van der Waals surface area contributed by atoms with Gasteiger partial charge < -0.3 is 4.74 Å². The number of carbonyl (C=O) groups excluding carboxylic acids is 1. The molecule has 104 valence electrons. The van der Waals surface area contributed by atoms with E-state index in [9.17, 15) is 4.79 Å². The molecule has 0 N–H and O–H groups in total. The van der Waals surface area contributed by atoms with Crippen LogP contribution in [-0.4, -0.2) is 12.1 Å². The Morgan fingerprint density at radius 3 is 2.39 bits per heavy atom. The highest BCUT2D eigenvalue weighted by atomic mass is 16.5. The van der Waals surface area contributed by atoms with E-state index in [0.717, 1.165) is 12.8 Å². The Bertz CT molecular complexity index is 319. The molecule has 2 aliphatic carbocycles. The van der Waals surface area contributed by atoms with Crippen LogP contribution in [0.3, 0.4) is 0 Å². The number of hydrogen-bond acceptors (Lipinski definition) is 2. The largest absolute Gasteiger partial charge is 0.462 e. The van der Waals surface area contributed by atoms with Gasteiger partial charge in [-0.2, -0.15) is 0 Å². The van der Waals surface area contributed by atoms with E-state index in [0.29, 0.717) is 17.8 Å². The number of esters is 1. The van der Waals surface area contributed by atoms with Gasteiger partial charge in [0.05, 0.1) is 5.92 Å². The van der Waals surface area contributed by atoms with Gasteiger partial charge in [-0.3, -0.25) is 4.79 Å². The fourth-order valence-corrected chi connectivity index (χ4v) is 3.35. The minimum absolute atomic E-state index is 0.0600. The van der Waals surface area contributed by atoms with Crippen molar-refractivity contribution >= 4 is 5.97 Å². The van der Waals surface area contributed by atoms with Gasteiger partial charge in [-0.15, -0.1) is 0 Å². The second-order valence-corrected chi connectivity index (χ2v) is 7.55. The molecule has 0 unspecified atom stereocenters. The van der Waals surface area contributed by atoms with E-state index in [1.165, 1.54) is 12.8 Å². The highest BCUT2D eigenvalue weighted by Gasteiger charge is 2.52. The molecular formula is C16H28O2. The van der Waals surface area contributed by atoms with Crippen LogP contribution in [0.5, 0.6) is 0 Å². The Labute approximate surface area is 111 Å². The van der Waals surface area contributed by atoms with E-state index < -0.39 is 0 Å². The van der Waals surface area contributed by atoms with Gasteiger partial charge in [0.15, 0.2) is 0 Å². The molecule has 0 radical (unpaired) electrons. The lowest BCUT2D eigenvalue weighted by molar-refractivity contribution is -0.158. The molecule has 0 bridgehead atoms. The van der Waals surface area contributed by atoms with E-state index in [1.807, 2.05) is 0 Å². The van der Waals surface area contributed by atoms with Crippen LogP contribution in [0.1, 0.15) is 60.3 Å². The monoisotopic (exact) mass is 252 g/mol. The van der Waals surface area contributed by atoms with Crippen molar-refractivity contribution < 1.29 is 9.53 Å². The Morgan fingerprint density at radius 2 is 1.89 bits per heavy atom. The molecule has 2 heteroatoms. The van der Waals surface area contributed by atoms with E-state index in [-0.39, 0.29) is 23.4 Å². The van der Waals surface area contributed by atoms with Crippen molar-refractivity contribution in [2.24, 2.45) is 29.1 Å². The second kappa shape index (κ2) is 4.86. The normalized spacial score (nSPS) is 38.6. The summed E-state index contributed by atoms with van der Waals surface area (Å²) in [5.41, 5.74) is 0.185. The Balaban J connectivity index is 1.94. The summed E-state index contributed by atoms with van der Waals surface area (Å²) >= 11 is 0. The standard InChI is InChI=1S/C16H28O2/c1-10(2)12-7-6-11(3)8-14(12)18-15(17)13-9-16(13,4)5/h10-14H,6-9H2,1-5H3/t11-,12+,13+,14-/m1/s1. The molecule has 0 aromatic heterocycles. The van der Waals surface area contributed by atoms with Crippen LogP contribution >= 0.6 is 0 Å². The molecule has 0 heterocycles. The molecule has 2 rings (SSSR count). The number of rotatable bonds is 3. The summed E-state index contributed by atoms with van der Waals surface area (Å²) in [6.45, 7) is 11.1. The average Bonchev–Trinajstić information content (AvgIpc) is 2.87. The maximum absolute atomic E-state index is 12.1. The SMILES string of the molecule is CC(C)[C@@H]1CC[C@@H](C)C[C@H]1OC(=O)[C@@H]1CC1(C)C. The van der Waals surface area contributed by atoms with Crippen LogP contribution in [0, 0.1) is 29.1 Å². The summed E-state index contributed by atoms with van der Waals surface area (Å²) in [5.74, 6) is 2.09. The van der Waals surface area contributed by atoms with Gasteiger partial charge in [0.1, 0.15) is 6.10 Å². The maximum atomic E-state index is 12.1. The lowest BCUT2D eigenvalue weighted by atomic mass is 9.75. The first-order valence-corrected chi connectivity index (χ1v) is 7.51. The molecule has 0 amide bonds. The van der Waals surface area contributed by atoms with Crippen molar-refractivity contribution in [3.8, 4) is 0 Å². The van der Waals surface area contributed by atoms with E-state index in [2.05, 4.69) is 34.6 Å². The Morgan fingerprint density at radius 1 is 1.28 bits per heavy atom. The van der Waals surface area contributed by atoms with E-state index >= 15 is 0 Å². The molecule has 2 nitrogen and oxygen atoms in total. The summed E-state index contributed by atoms with van der Waals surface area (Å²) in [6, 6.07) is 0. The van der Waals surface area contributed by atoms with Gasteiger partial charge in [0.2, 0.25) is 0 Å². The molecule has 0 aromatic rings. The maximum Gasteiger partial charge on any atom is 0.309 e. The molecule has 2 aliphatic rings. The van der Waals surface area contributed by atoms with Crippen LogP contribution in [0.25, 0.3) is 0 Å². The van der Waals surface area contributed by atoms with Gasteiger partial charge >= 0.3 is 5.97 Å². The molecule has 0 aromatic carbocycles. The van der Waals surface area contributed by atoms with Crippen molar-refractivity contribution in [2.75, 3.05) is 0 Å². The lowest BCUT2D eigenvalue weighted by Gasteiger charge is -2.36. The van der Waals surface area contributed by atoms with Gasteiger partial charge in [-0.05, 0) is 42.4 Å². The highest BCUT2D eigenvalue weighted by Crippen LogP contribution is 2.52. The quantitative estimate of drug-likeness (QED) is 0.709. The van der Waals surface area contributed by atoms with Crippen LogP contribution in [0.15, 0.2) is 0 Å². The molecule has 2 fully saturated rings. The summed E-state index contributed by atoms with van der Waals surface area (Å²) in [6.07, 6.45) is 4.72. The summed E-state index contributed by atoms with van der Waals surface area (Å²) in [4.78, 5) is 12.1. The van der Waals surface area contributed by atoms with Crippen LogP contribution < -0.4 is 0 Å². The number of ether oxygens (including phenoxy) is 1. The predicted octanol–water partition coefficient (Wildman–Crippen LogP) is 4.04. The molecular weight excluding hydrogens is 224 g/mol. The zero-order valence-corrected chi connectivity index (χ0v) is 12.5. The van der Waals surface area contributed by atoms with Crippen molar-refractivity contribution in [1.82, 2.24) is 0 Å². The molecule has 0 aliphatic heterocycles. The molecule has 0 spiro atoms. The highest BCUT2D eigenvalue weighted by molar-refractivity contribution is 5.76. The summed E-state index contributed by atoms with van der Waals surface area (Å²) < 4.78 is 5.86. The van der Waals surface area contributed by atoms with Gasteiger partial charge in [-0.1, -0.05) is 41.0 Å². The van der Waals surface area contributed by atoms with Gasteiger partial charge in [0.25, 0.3) is 0 Å². The minimum Gasteiger partial charge on any atom is -0.462 e. The van der Waals surface area contributed by atoms with Crippen LogP contribution in [0.4, 0.5) is 0 Å². The number of hydrogen-bond donors (Lipinski definition) is 0. The fraction of sp³-hybridized carbons (Fsp3) is 0.938. The third kappa shape index (κ3) is 2.89. The van der Waals surface area contributed by atoms with E-state index in [4.69, 9.17) is 4.74 Å². The van der Waals surface area contributed by atoms with E-state index in [1.54, 1.807) is 0 Å². The molecule has 4 atom stereocenters. The molecule has 18 heavy (non-hydrogen) atoms. The smallest absolute Gasteiger partial charge is 0.309 e. The van der Waals surface area contributed by atoms with Gasteiger partial charge in [-0.25, -0.2) is 0 Å². The third-order valence-electron chi connectivity index (χ3n) is 5.03. The Kier molecular flexibility index (Phi) is 3.75. The first kappa shape index (κ1) is 13.9.